The third-order valence-electron chi connectivity index (χ3n) is 0.637. The third kappa shape index (κ3) is 1.89. The van der Waals surface area contributed by atoms with Crippen molar-refractivity contribution in [3.8, 4) is 0 Å². The molecule has 0 saturated carbocycles. The number of carboxylic acid groups (broad SMARTS) is 1. The summed E-state index contributed by atoms with van der Waals surface area (Å²) in [5.74, 6) is -2.11. The topological polar surface area (TPSA) is 87.0 Å². The van der Waals surface area contributed by atoms with Crippen LogP contribution in [0.3, 0.4) is 0 Å². The van der Waals surface area contributed by atoms with Crippen LogP contribution < -0.4 is 0 Å². The Morgan fingerprint density at radius 2 is 1.89 bits per heavy atom. The van der Waals surface area contributed by atoms with Gasteiger partial charge < -0.3 is 10.2 Å². The third-order valence-corrected chi connectivity index (χ3v) is 0.637. The molecule has 0 radical (unpaired) electrons. The minimum atomic E-state index is -1.52. The molecule has 0 aromatic carbocycles. The molecule has 0 bridgehead atoms. The Balaban J connectivity index is 4.55. The van der Waals surface area contributed by atoms with E-state index in [2.05, 4.69) is 5.18 Å². The fourth-order valence-corrected chi connectivity index (χ4v) is 0.260. The molecule has 0 fully saturated rings. The first-order valence-electron chi connectivity index (χ1n) is 2.06. The van der Waals surface area contributed by atoms with Crippen molar-refractivity contribution in [3.05, 3.63) is 16.4 Å². The van der Waals surface area contributed by atoms with Gasteiger partial charge in [-0.1, -0.05) is 0 Å². The number of aliphatic hydroxyl groups excluding tert-OH is 1. The van der Waals surface area contributed by atoms with Gasteiger partial charge in [0.1, 0.15) is 5.76 Å². The van der Waals surface area contributed by atoms with Gasteiger partial charge in [-0.05, 0) is 12.1 Å². The molecule has 0 rings (SSSR count). The van der Waals surface area contributed by atoms with Crippen LogP contribution in [-0.2, 0) is 4.79 Å². The summed E-state index contributed by atoms with van der Waals surface area (Å²) in [7, 11) is 0. The average molecular weight is 131 g/mol. The second kappa shape index (κ2) is 2.81. The predicted molar refractivity (Wildman–Crippen MR) is 28.8 cm³/mol. The maximum absolute atomic E-state index is 9.86. The van der Waals surface area contributed by atoms with E-state index in [9.17, 15) is 9.70 Å². The Labute approximate surface area is 50.6 Å². The monoisotopic (exact) mass is 131 g/mol. The van der Waals surface area contributed by atoms with Crippen molar-refractivity contribution in [1.29, 1.82) is 0 Å². The molecule has 0 atom stereocenters. The molecule has 5 nitrogen and oxygen atoms in total. The first-order valence-corrected chi connectivity index (χ1v) is 2.06. The van der Waals surface area contributed by atoms with E-state index in [1.807, 2.05) is 0 Å². The van der Waals surface area contributed by atoms with E-state index in [1.54, 1.807) is 0 Å². The molecular formula is C4H5NO4. The van der Waals surface area contributed by atoms with Crippen molar-refractivity contribution in [2.24, 2.45) is 5.18 Å². The van der Waals surface area contributed by atoms with Crippen molar-refractivity contribution < 1.29 is 15.0 Å². The number of nitrogens with zero attached hydrogens (tertiary/aromatic N) is 1. The fourth-order valence-electron chi connectivity index (χ4n) is 0.260. The molecule has 9 heavy (non-hydrogen) atoms. The van der Waals surface area contributed by atoms with Crippen molar-refractivity contribution in [1.82, 2.24) is 0 Å². The first-order chi connectivity index (χ1) is 4.09. The second-order valence-electron chi connectivity index (χ2n) is 1.33. The van der Waals surface area contributed by atoms with E-state index in [0.29, 0.717) is 0 Å². The number of nitroso groups, excluding NO2 is 1. The molecule has 0 amide bonds. The van der Waals surface area contributed by atoms with Crippen molar-refractivity contribution in [2.75, 3.05) is 0 Å². The summed E-state index contributed by atoms with van der Waals surface area (Å²) in [6.45, 7) is 1.07. The van der Waals surface area contributed by atoms with Gasteiger partial charge in [-0.15, -0.1) is 4.91 Å². The Hall–Kier alpha value is -1.39. The lowest BCUT2D eigenvalue weighted by atomic mass is 10.4. The van der Waals surface area contributed by atoms with Crippen LogP contribution in [0.2, 0.25) is 0 Å². The summed E-state index contributed by atoms with van der Waals surface area (Å²) in [5, 5.41) is 18.5. The van der Waals surface area contributed by atoms with Gasteiger partial charge in [0.15, 0.2) is 0 Å². The summed E-state index contributed by atoms with van der Waals surface area (Å²) in [6, 6.07) is 0. The van der Waals surface area contributed by atoms with Crippen molar-refractivity contribution in [3.63, 3.8) is 0 Å². The van der Waals surface area contributed by atoms with Crippen LogP contribution in [0, 0.1) is 4.91 Å². The molecular weight excluding hydrogens is 126 g/mol. The Kier molecular flexibility index (Phi) is 2.37. The van der Waals surface area contributed by atoms with Crippen LogP contribution in [0.4, 0.5) is 0 Å². The van der Waals surface area contributed by atoms with Crippen LogP contribution in [0.25, 0.3) is 0 Å². The summed E-state index contributed by atoms with van der Waals surface area (Å²) in [4.78, 5) is 19.4. The van der Waals surface area contributed by atoms with Crippen LogP contribution in [-0.4, -0.2) is 16.2 Å². The molecule has 50 valence electrons. The Morgan fingerprint density at radius 1 is 1.44 bits per heavy atom. The number of carbonyl (C=O) groups is 1. The number of allylic oxidation sites excluding steroid dienone is 1. The van der Waals surface area contributed by atoms with Gasteiger partial charge in [-0.25, -0.2) is 4.79 Å². The minimum Gasteiger partial charge on any atom is -0.510 e. The molecule has 0 saturated heterocycles. The molecule has 0 aliphatic heterocycles. The van der Waals surface area contributed by atoms with Gasteiger partial charge >= 0.3 is 5.97 Å². The van der Waals surface area contributed by atoms with Crippen molar-refractivity contribution in [2.45, 2.75) is 6.92 Å². The maximum atomic E-state index is 9.86. The molecule has 5 heteroatoms. The summed E-state index contributed by atoms with van der Waals surface area (Å²) in [6.07, 6.45) is 0. The molecule has 0 aromatic rings. The minimum absolute atomic E-state index is 0.586. The zero-order chi connectivity index (χ0) is 7.44. The fraction of sp³-hybridized carbons (Fsp3) is 0.250. The molecule has 0 spiro atoms. The number of carboxylic acids is 1. The van der Waals surface area contributed by atoms with Crippen LogP contribution >= 0.6 is 0 Å². The lowest BCUT2D eigenvalue weighted by Gasteiger charge is -1.88. The van der Waals surface area contributed by atoms with E-state index < -0.39 is 17.4 Å². The van der Waals surface area contributed by atoms with Gasteiger partial charge in [-0.2, -0.15) is 0 Å². The zero-order valence-electron chi connectivity index (χ0n) is 4.66. The van der Waals surface area contributed by atoms with E-state index in [-0.39, 0.29) is 0 Å². The van der Waals surface area contributed by atoms with Crippen molar-refractivity contribution >= 4 is 5.97 Å². The number of aliphatic hydroxyl groups is 1. The summed E-state index contributed by atoms with van der Waals surface area (Å²) >= 11 is 0. The summed E-state index contributed by atoms with van der Waals surface area (Å²) < 4.78 is 0. The molecule has 0 aliphatic rings. The molecule has 0 aromatic heterocycles. The normalized spacial score (nSPS) is 12.1. The number of hydrogen-bond acceptors (Lipinski definition) is 4. The second-order valence-corrected chi connectivity index (χ2v) is 1.33. The highest BCUT2D eigenvalue weighted by Crippen LogP contribution is 2.00. The number of hydrogen-bond donors (Lipinski definition) is 2. The van der Waals surface area contributed by atoms with E-state index in [0.717, 1.165) is 6.92 Å². The SMILES string of the molecule is C/C(O)=C(/N=O)C(=O)O. The van der Waals surface area contributed by atoms with E-state index in [1.165, 1.54) is 0 Å². The standard InChI is InChI=1S/C4H5NO4/c1-2(6)3(5-9)4(7)8/h6H,1H3,(H,7,8)/b3-2-. The predicted octanol–water partition coefficient (Wildman–Crippen LogP) is 0.627. The van der Waals surface area contributed by atoms with E-state index >= 15 is 0 Å². The smallest absolute Gasteiger partial charge is 0.361 e. The lowest BCUT2D eigenvalue weighted by molar-refractivity contribution is -0.132. The highest BCUT2D eigenvalue weighted by atomic mass is 16.4. The maximum Gasteiger partial charge on any atom is 0.361 e. The van der Waals surface area contributed by atoms with Crippen LogP contribution in [0.5, 0.6) is 0 Å². The van der Waals surface area contributed by atoms with Crippen LogP contribution in [0.15, 0.2) is 16.6 Å². The van der Waals surface area contributed by atoms with Crippen LogP contribution in [0.1, 0.15) is 6.92 Å². The van der Waals surface area contributed by atoms with Gasteiger partial charge in [0.25, 0.3) is 0 Å². The lowest BCUT2D eigenvalue weighted by Crippen LogP contribution is -1.99. The Bertz CT molecular complexity index is 167. The molecule has 0 heterocycles. The van der Waals surface area contributed by atoms with E-state index in [4.69, 9.17) is 10.2 Å². The summed E-state index contributed by atoms with van der Waals surface area (Å²) in [5.41, 5.74) is -0.852. The average Bonchev–Trinajstić information content (AvgIpc) is 1.64. The quantitative estimate of drug-likeness (QED) is 0.327. The van der Waals surface area contributed by atoms with Gasteiger partial charge in [0.05, 0.1) is 0 Å². The van der Waals surface area contributed by atoms with Gasteiger partial charge in [0.2, 0.25) is 5.70 Å². The largest absolute Gasteiger partial charge is 0.510 e. The highest BCUT2D eigenvalue weighted by molar-refractivity contribution is 5.86. The molecule has 0 unspecified atom stereocenters. The highest BCUT2D eigenvalue weighted by Gasteiger charge is 2.10. The molecule has 2 N–H and O–H groups in total. The Morgan fingerprint density at radius 3 is 1.89 bits per heavy atom. The van der Waals surface area contributed by atoms with Gasteiger partial charge in [0, 0.05) is 0 Å². The number of aliphatic carboxylic acids is 1. The molecule has 0 aliphatic carbocycles. The van der Waals surface area contributed by atoms with Gasteiger partial charge in [-0.3, -0.25) is 0 Å². The first kappa shape index (κ1) is 7.61. The number of rotatable bonds is 2. The zero-order valence-corrected chi connectivity index (χ0v) is 4.66.